The van der Waals surface area contributed by atoms with Gasteiger partial charge in [0, 0.05) is 28.5 Å². The third-order valence-corrected chi connectivity index (χ3v) is 8.32. The summed E-state index contributed by atoms with van der Waals surface area (Å²) in [5.74, 6) is 0.212. The number of benzene rings is 2. The van der Waals surface area contributed by atoms with Gasteiger partial charge in [0.1, 0.15) is 6.61 Å². The Morgan fingerprint density at radius 2 is 1.81 bits per heavy atom. The molecule has 9 heteroatoms. The van der Waals surface area contributed by atoms with Crippen LogP contribution in [0.5, 0.6) is 0 Å². The van der Waals surface area contributed by atoms with Gasteiger partial charge in [-0.25, -0.2) is 13.4 Å². The first-order valence-corrected chi connectivity index (χ1v) is 13.4. The van der Waals surface area contributed by atoms with Crippen LogP contribution in [0.3, 0.4) is 0 Å². The van der Waals surface area contributed by atoms with E-state index in [1.54, 1.807) is 6.20 Å². The van der Waals surface area contributed by atoms with Crippen LogP contribution in [0.4, 0.5) is 5.95 Å². The molecule has 0 amide bonds. The first kappa shape index (κ1) is 22.5. The zero-order valence-corrected chi connectivity index (χ0v) is 20.8. The number of allylic oxidation sites excluding steroid dienone is 1. The molecule has 6 rings (SSSR count). The van der Waals surface area contributed by atoms with Gasteiger partial charge in [0.05, 0.1) is 27.7 Å². The Bertz CT molecular complexity index is 1650. The number of oxime groups is 1. The van der Waals surface area contributed by atoms with E-state index in [-0.39, 0.29) is 11.2 Å². The van der Waals surface area contributed by atoms with Crippen LogP contribution in [0.2, 0.25) is 0 Å². The molecule has 4 aromatic rings. The average Bonchev–Trinajstić information content (AvgIpc) is 3.66. The summed E-state index contributed by atoms with van der Waals surface area (Å²) in [4.78, 5) is 17.9. The third kappa shape index (κ3) is 4.05. The maximum absolute atomic E-state index is 12.6. The van der Waals surface area contributed by atoms with Gasteiger partial charge in [-0.3, -0.25) is 9.71 Å². The number of fused-ring (bicyclic) bond motifs is 1. The Morgan fingerprint density at radius 3 is 2.56 bits per heavy atom. The molecule has 2 N–H and O–H groups in total. The maximum Gasteiger partial charge on any atom is 0.237 e. The molecular formula is C27H25N5O3S. The van der Waals surface area contributed by atoms with E-state index < -0.39 is 10.0 Å². The largest absolute Gasteiger partial charge is 0.391 e. The van der Waals surface area contributed by atoms with Gasteiger partial charge >= 0.3 is 0 Å². The monoisotopic (exact) mass is 499 g/mol. The summed E-state index contributed by atoms with van der Waals surface area (Å²) in [5, 5.41) is 3.85. The van der Waals surface area contributed by atoms with Gasteiger partial charge in [-0.15, -0.1) is 0 Å². The summed E-state index contributed by atoms with van der Waals surface area (Å²) in [6.07, 6.45) is 3.12. The third-order valence-electron chi connectivity index (χ3n) is 6.49. The van der Waals surface area contributed by atoms with Crippen LogP contribution in [0, 0.1) is 0 Å². The van der Waals surface area contributed by atoms with Gasteiger partial charge in [0.2, 0.25) is 16.0 Å². The Labute approximate surface area is 209 Å². The van der Waals surface area contributed by atoms with Gasteiger partial charge in [-0.1, -0.05) is 41.6 Å². The number of sulfonamides is 1. The first-order valence-electron chi connectivity index (χ1n) is 11.8. The van der Waals surface area contributed by atoms with Crippen molar-refractivity contribution in [2.75, 3.05) is 11.3 Å². The number of nitrogens with zero attached hydrogens (tertiary/aromatic N) is 3. The average molecular weight is 500 g/mol. The van der Waals surface area contributed by atoms with E-state index in [1.807, 2.05) is 62.4 Å². The highest BCUT2D eigenvalue weighted by Crippen LogP contribution is 2.38. The Kier molecular flexibility index (Phi) is 5.37. The van der Waals surface area contributed by atoms with E-state index in [0.717, 1.165) is 50.3 Å². The van der Waals surface area contributed by atoms with E-state index >= 15 is 0 Å². The summed E-state index contributed by atoms with van der Waals surface area (Å²) in [6.45, 7) is 4.36. The van der Waals surface area contributed by atoms with Gasteiger partial charge in [0.25, 0.3) is 0 Å². The van der Waals surface area contributed by atoms with Crippen LogP contribution in [-0.2, 0) is 14.9 Å². The molecular weight excluding hydrogens is 474 g/mol. The molecule has 8 nitrogen and oxygen atoms in total. The minimum Gasteiger partial charge on any atom is -0.391 e. The standard InChI is InChI=1S/C27H25N5O3S/c1-16-15-35-31-17(2)24(16)19-13-22(21-9-6-12-28-25(21)18-7-4-3-5-8-18)26-23(14-19)29-27(30-26)32-36(33,34)20-10-11-20/h3-9,12-14,20H,10-11,15H2,1-2H3,(H2,29,30,32). The molecule has 1 aliphatic heterocycles. The summed E-state index contributed by atoms with van der Waals surface area (Å²) in [5.41, 5.74) is 8.74. The number of rotatable bonds is 6. The number of hydrogen-bond donors (Lipinski definition) is 2. The van der Waals surface area contributed by atoms with E-state index in [9.17, 15) is 8.42 Å². The smallest absolute Gasteiger partial charge is 0.237 e. The molecule has 2 aromatic carbocycles. The van der Waals surface area contributed by atoms with Crippen molar-refractivity contribution in [3.63, 3.8) is 0 Å². The topological polar surface area (TPSA) is 109 Å². The van der Waals surface area contributed by atoms with Crippen LogP contribution in [0.25, 0.3) is 39.0 Å². The Morgan fingerprint density at radius 1 is 1.00 bits per heavy atom. The zero-order valence-electron chi connectivity index (χ0n) is 19.9. The van der Waals surface area contributed by atoms with E-state index in [1.165, 1.54) is 0 Å². The molecule has 2 aliphatic rings. The molecule has 0 radical (unpaired) electrons. The second-order valence-electron chi connectivity index (χ2n) is 9.22. The fraction of sp³-hybridized carbons (Fsp3) is 0.222. The number of nitrogens with one attached hydrogen (secondary N) is 2. The van der Waals surface area contributed by atoms with Crippen molar-refractivity contribution in [3.8, 4) is 22.4 Å². The van der Waals surface area contributed by atoms with Gasteiger partial charge in [-0.05, 0) is 56.0 Å². The van der Waals surface area contributed by atoms with Gasteiger partial charge < -0.3 is 9.82 Å². The SMILES string of the molecule is CC1=NOCC(C)=C1c1cc(-c2cccnc2-c2ccccc2)c2nc(NS(=O)(=O)C3CC3)[nH]c2c1. The minimum atomic E-state index is -3.47. The van der Waals surface area contributed by atoms with Gasteiger partial charge in [0.15, 0.2) is 0 Å². The van der Waals surface area contributed by atoms with E-state index in [4.69, 9.17) is 14.8 Å². The highest BCUT2D eigenvalue weighted by Gasteiger charge is 2.36. The summed E-state index contributed by atoms with van der Waals surface area (Å²) >= 11 is 0. The minimum absolute atomic E-state index is 0.212. The van der Waals surface area contributed by atoms with Crippen LogP contribution >= 0.6 is 0 Å². The summed E-state index contributed by atoms with van der Waals surface area (Å²) in [6, 6.07) is 18.0. The van der Waals surface area contributed by atoms with E-state index in [0.29, 0.717) is 25.0 Å². The van der Waals surface area contributed by atoms with Crippen molar-refractivity contribution in [1.29, 1.82) is 0 Å². The van der Waals surface area contributed by atoms with Crippen molar-refractivity contribution in [2.45, 2.75) is 31.9 Å². The number of aromatic amines is 1. The number of pyridine rings is 1. The second-order valence-corrected chi connectivity index (χ2v) is 11.2. The lowest BCUT2D eigenvalue weighted by Crippen LogP contribution is -2.18. The molecule has 0 atom stereocenters. The molecule has 2 aromatic heterocycles. The lowest BCUT2D eigenvalue weighted by atomic mass is 9.91. The lowest BCUT2D eigenvalue weighted by Gasteiger charge is -2.18. The molecule has 3 heterocycles. The highest BCUT2D eigenvalue weighted by molar-refractivity contribution is 7.93. The molecule has 0 unspecified atom stereocenters. The number of anilines is 1. The number of hydrogen-bond acceptors (Lipinski definition) is 6. The predicted octanol–water partition coefficient (Wildman–Crippen LogP) is 5.38. The fourth-order valence-electron chi connectivity index (χ4n) is 4.67. The second kappa shape index (κ2) is 8.60. The molecule has 36 heavy (non-hydrogen) atoms. The van der Waals surface area contributed by atoms with Crippen molar-refractivity contribution in [1.82, 2.24) is 15.0 Å². The summed E-state index contributed by atoms with van der Waals surface area (Å²) < 4.78 is 27.9. The van der Waals surface area contributed by atoms with Crippen LogP contribution in [0.1, 0.15) is 32.3 Å². The predicted molar refractivity (Wildman–Crippen MR) is 142 cm³/mol. The van der Waals surface area contributed by atoms with Gasteiger partial charge in [-0.2, -0.15) is 0 Å². The van der Waals surface area contributed by atoms with Crippen LogP contribution in [0.15, 0.2) is 71.5 Å². The lowest BCUT2D eigenvalue weighted by molar-refractivity contribution is 0.165. The normalized spacial score (nSPS) is 16.1. The molecule has 0 bridgehead atoms. The molecule has 1 saturated carbocycles. The summed E-state index contributed by atoms with van der Waals surface area (Å²) in [7, 11) is -3.47. The maximum atomic E-state index is 12.6. The molecule has 1 fully saturated rings. The fourth-order valence-corrected chi connectivity index (χ4v) is 5.96. The zero-order chi connectivity index (χ0) is 24.9. The van der Waals surface area contributed by atoms with Crippen LogP contribution < -0.4 is 4.72 Å². The Balaban J connectivity index is 1.58. The first-order chi connectivity index (χ1) is 17.4. The molecule has 0 saturated heterocycles. The van der Waals surface area contributed by atoms with Crippen molar-refractivity contribution >= 4 is 38.3 Å². The Hall–Kier alpha value is -3.98. The van der Waals surface area contributed by atoms with Crippen molar-refractivity contribution in [3.05, 3.63) is 71.9 Å². The number of imidazole rings is 1. The van der Waals surface area contributed by atoms with Crippen molar-refractivity contribution in [2.24, 2.45) is 5.16 Å². The van der Waals surface area contributed by atoms with E-state index in [2.05, 4.69) is 20.9 Å². The number of H-pyrrole nitrogens is 1. The number of aromatic nitrogens is 3. The van der Waals surface area contributed by atoms with Crippen LogP contribution in [-0.4, -0.2) is 40.9 Å². The quantitative estimate of drug-likeness (QED) is 0.370. The molecule has 1 aliphatic carbocycles. The molecule has 182 valence electrons. The highest BCUT2D eigenvalue weighted by atomic mass is 32.2. The van der Waals surface area contributed by atoms with Crippen molar-refractivity contribution < 1.29 is 13.3 Å². The molecule has 0 spiro atoms.